The zero-order valence-corrected chi connectivity index (χ0v) is 18.2. The molecular formula is C21H17ClFN9O. The van der Waals surface area contributed by atoms with E-state index in [-0.39, 0.29) is 44.8 Å². The minimum absolute atomic E-state index is 0.0218. The molecule has 1 aromatic carbocycles. The number of halogens is 2. The van der Waals surface area contributed by atoms with Crippen LogP contribution >= 0.6 is 11.6 Å². The summed E-state index contributed by atoms with van der Waals surface area (Å²) in [6.45, 7) is 3.35. The minimum atomic E-state index is -0.741. The van der Waals surface area contributed by atoms with Crippen LogP contribution in [0.15, 0.2) is 35.3 Å². The summed E-state index contributed by atoms with van der Waals surface area (Å²) in [5.41, 5.74) is 11.5. The molecule has 0 amide bonds. The second kappa shape index (κ2) is 8.33. The fraction of sp³-hybridized carbons (Fsp3) is 0.143. The molecule has 3 heterocycles. The molecule has 0 radical (unpaired) electrons. The Balaban J connectivity index is 1.96. The molecule has 33 heavy (non-hydrogen) atoms. The van der Waals surface area contributed by atoms with Crippen molar-refractivity contribution in [2.45, 2.75) is 19.9 Å². The first-order chi connectivity index (χ1) is 15.7. The first-order valence-corrected chi connectivity index (χ1v) is 10.0. The zero-order chi connectivity index (χ0) is 23.9. The number of rotatable bonds is 4. The van der Waals surface area contributed by atoms with Crippen LogP contribution < -0.4 is 22.3 Å². The molecule has 4 rings (SSSR count). The molecule has 0 aliphatic carbocycles. The molecule has 3 aromatic heterocycles. The molecule has 0 saturated heterocycles. The van der Waals surface area contributed by atoms with Crippen molar-refractivity contribution in [3.8, 4) is 11.8 Å². The van der Waals surface area contributed by atoms with Crippen LogP contribution in [0.3, 0.4) is 0 Å². The van der Waals surface area contributed by atoms with Gasteiger partial charge in [-0.05, 0) is 38.1 Å². The van der Waals surface area contributed by atoms with Crippen LogP contribution in [0.25, 0.3) is 16.6 Å². The standard InChI is InChI=1S/C21H17ClFN9O/c1-9(28-19-12(7-24)18(26)29-10(2)30-19)20-31-14-5-4-13(23)17(22)16(14)21(33)32(20)11-3-6-15(25)27-8-11/h3-6,8-9H,1-2H3,(H2,25,27)(H3,26,28,29,30)/t9-/m0/s1. The molecule has 0 aliphatic rings. The Hall–Kier alpha value is -4.30. The number of aromatic nitrogens is 5. The normalized spacial score (nSPS) is 11.8. The number of nitriles is 1. The van der Waals surface area contributed by atoms with Gasteiger partial charge in [0.1, 0.15) is 40.7 Å². The number of nitrogens with two attached hydrogens (primary N) is 2. The lowest BCUT2D eigenvalue weighted by molar-refractivity contribution is 0.629. The molecule has 0 spiro atoms. The van der Waals surface area contributed by atoms with Gasteiger partial charge in [0.05, 0.1) is 33.9 Å². The van der Waals surface area contributed by atoms with E-state index in [1.807, 2.05) is 6.07 Å². The minimum Gasteiger partial charge on any atom is -0.384 e. The van der Waals surface area contributed by atoms with E-state index in [1.165, 1.54) is 22.9 Å². The number of benzene rings is 1. The molecule has 0 unspecified atom stereocenters. The van der Waals surface area contributed by atoms with E-state index in [4.69, 9.17) is 23.1 Å². The van der Waals surface area contributed by atoms with Crippen molar-refractivity contribution in [2.75, 3.05) is 16.8 Å². The molecule has 1 atom stereocenters. The number of pyridine rings is 1. The van der Waals surface area contributed by atoms with Gasteiger partial charge >= 0.3 is 0 Å². The smallest absolute Gasteiger partial charge is 0.267 e. The van der Waals surface area contributed by atoms with Crippen molar-refractivity contribution in [1.82, 2.24) is 24.5 Å². The van der Waals surface area contributed by atoms with E-state index in [0.29, 0.717) is 11.5 Å². The van der Waals surface area contributed by atoms with Gasteiger partial charge in [-0.25, -0.2) is 24.3 Å². The van der Waals surface area contributed by atoms with Gasteiger partial charge in [-0.3, -0.25) is 9.36 Å². The Kier molecular flexibility index (Phi) is 5.53. The van der Waals surface area contributed by atoms with Gasteiger partial charge in [0, 0.05) is 0 Å². The van der Waals surface area contributed by atoms with Gasteiger partial charge in [0.2, 0.25) is 0 Å². The van der Waals surface area contributed by atoms with Crippen LogP contribution in [0.5, 0.6) is 0 Å². The quantitative estimate of drug-likeness (QED) is 0.411. The summed E-state index contributed by atoms with van der Waals surface area (Å²) in [5, 5.41) is 12.1. The van der Waals surface area contributed by atoms with Gasteiger partial charge in [0.15, 0.2) is 5.82 Å². The third-order valence-corrected chi connectivity index (χ3v) is 5.25. The highest BCUT2D eigenvalue weighted by Gasteiger charge is 2.22. The van der Waals surface area contributed by atoms with Gasteiger partial charge < -0.3 is 16.8 Å². The largest absolute Gasteiger partial charge is 0.384 e. The van der Waals surface area contributed by atoms with Gasteiger partial charge in [-0.1, -0.05) is 11.6 Å². The van der Waals surface area contributed by atoms with E-state index < -0.39 is 17.4 Å². The maximum absolute atomic E-state index is 14.1. The first kappa shape index (κ1) is 21.9. The topological polar surface area (TPSA) is 161 Å². The number of fused-ring (bicyclic) bond motifs is 1. The monoisotopic (exact) mass is 465 g/mol. The molecule has 0 bridgehead atoms. The van der Waals surface area contributed by atoms with Crippen LogP contribution in [-0.2, 0) is 0 Å². The van der Waals surface area contributed by atoms with E-state index in [1.54, 1.807) is 19.9 Å². The predicted octanol–water partition coefficient (Wildman–Crippen LogP) is 2.88. The summed E-state index contributed by atoms with van der Waals surface area (Å²) in [6.07, 6.45) is 1.39. The van der Waals surface area contributed by atoms with Crippen molar-refractivity contribution >= 4 is 40.0 Å². The highest BCUT2D eigenvalue weighted by molar-refractivity contribution is 6.35. The SMILES string of the molecule is Cc1nc(N)c(C#N)c(N[C@@H](C)c2nc3ccc(F)c(Cl)c3c(=O)n2-c2ccc(N)nc2)n1. The van der Waals surface area contributed by atoms with Crippen LogP contribution in [0, 0.1) is 24.1 Å². The van der Waals surface area contributed by atoms with Gasteiger partial charge in [-0.2, -0.15) is 5.26 Å². The molecule has 0 saturated carbocycles. The Morgan fingerprint density at radius 3 is 2.64 bits per heavy atom. The first-order valence-electron chi connectivity index (χ1n) is 9.64. The van der Waals surface area contributed by atoms with E-state index in [9.17, 15) is 14.4 Å². The summed E-state index contributed by atoms with van der Waals surface area (Å²) in [6, 6.07) is 6.91. The maximum atomic E-state index is 14.1. The molecule has 12 heteroatoms. The highest BCUT2D eigenvalue weighted by Crippen LogP contribution is 2.27. The number of hydrogen-bond acceptors (Lipinski definition) is 9. The Morgan fingerprint density at radius 1 is 1.21 bits per heavy atom. The maximum Gasteiger partial charge on any atom is 0.267 e. The molecule has 0 fully saturated rings. The lowest BCUT2D eigenvalue weighted by atomic mass is 10.2. The zero-order valence-electron chi connectivity index (χ0n) is 17.5. The number of hydrogen-bond donors (Lipinski definition) is 3. The predicted molar refractivity (Wildman–Crippen MR) is 122 cm³/mol. The number of anilines is 3. The fourth-order valence-electron chi connectivity index (χ4n) is 3.37. The van der Waals surface area contributed by atoms with Crippen LogP contribution in [0.1, 0.15) is 30.2 Å². The molecular weight excluding hydrogens is 449 g/mol. The van der Waals surface area contributed by atoms with E-state index in [2.05, 4.69) is 25.3 Å². The van der Waals surface area contributed by atoms with Crippen molar-refractivity contribution in [3.63, 3.8) is 0 Å². The Morgan fingerprint density at radius 2 is 1.97 bits per heavy atom. The Bertz CT molecular complexity index is 1500. The third-order valence-electron chi connectivity index (χ3n) is 4.88. The van der Waals surface area contributed by atoms with Crippen molar-refractivity contribution < 1.29 is 4.39 Å². The molecule has 166 valence electrons. The average Bonchev–Trinajstić information content (AvgIpc) is 2.76. The second-order valence-corrected chi connectivity index (χ2v) is 7.54. The number of aryl methyl sites for hydroxylation is 1. The van der Waals surface area contributed by atoms with E-state index >= 15 is 0 Å². The average molecular weight is 466 g/mol. The summed E-state index contributed by atoms with van der Waals surface area (Å²) in [5.74, 6) is 0.310. The number of nitrogen functional groups attached to an aromatic ring is 2. The highest BCUT2D eigenvalue weighted by atomic mass is 35.5. The molecule has 10 nitrogen and oxygen atoms in total. The van der Waals surface area contributed by atoms with Gasteiger partial charge in [-0.15, -0.1) is 0 Å². The lowest BCUT2D eigenvalue weighted by Gasteiger charge is -2.21. The van der Waals surface area contributed by atoms with Gasteiger partial charge in [0.25, 0.3) is 5.56 Å². The van der Waals surface area contributed by atoms with E-state index in [0.717, 1.165) is 6.07 Å². The molecule has 0 aliphatic heterocycles. The van der Waals surface area contributed by atoms with Crippen LogP contribution in [0.4, 0.5) is 21.8 Å². The summed E-state index contributed by atoms with van der Waals surface area (Å²) in [7, 11) is 0. The molecule has 4 aromatic rings. The number of nitrogens with zero attached hydrogens (tertiary/aromatic N) is 6. The van der Waals surface area contributed by atoms with Crippen LogP contribution in [0.2, 0.25) is 5.02 Å². The van der Waals surface area contributed by atoms with Crippen molar-refractivity contribution in [1.29, 1.82) is 5.26 Å². The number of nitrogens with one attached hydrogen (secondary N) is 1. The third kappa shape index (κ3) is 3.88. The fourth-order valence-corrected chi connectivity index (χ4v) is 3.62. The lowest BCUT2D eigenvalue weighted by Crippen LogP contribution is -2.28. The summed E-state index contributed by atoms with van der Waals surface area (Å²) >= 11 is 6.11. The van der Waals surface area contributed by atoms with Crippen molar-refractivity contribution in [2.24, 2.45) is 0 Å². The second-order valence-electron chi connectivity index (χ2n) is 7.16. The van der Waals surface area contributed by atoms with Crippen LogP contribution in [-0.4, -0.2) is 24.5 Å². The Labute approximate surface area is 191 Å². The summed E-state index contributed by atoms with van der Waals surface area (Å²) in [4.78, 5) is 30.3. The summed E-state index contributed by atoms with van der Waals surface area (Å²) < 4.78 is 15.4. The molecule has 5 N–H and O–H groups in total. The van der Waals surface area contributed by atoms with Crippen molar-refractivity contribution in [3.05, 3.63) is 68.9 Å².